The van der Waals surface area contributed by atoms with Gasteiger partial charge in [0, 0.05) is 11.1 Å². The maximum absolute atomic E-state index is 13.9. The number of aliphatic hydroxyl groups excluding tert-OH is 2. The van der Waals surface area contributed by atoms with E-state index in [-0.39, 0.29) is 17.0 Å². The molecule has 3 aliphatic rings. The molecule has 3 rings (SSSR count). The number of phosphoric acid groups is 3. The van der Waals surface area contributed by atoms with E-state index in [4.69, 9.17) is 19.4 Å². The van der Waals surface area contributed by atoms with Crippen molar-refractivity contribution in [1.82, 2.24) is 9.97 Å². The van der Waals surface area contributed by atoms with Crippen LogP contribution in [0.1, 0.15) is 22.8 Å². The fourth-order valence-corrected chi connectivity index (χ4v) is 6.31. The second kappa shape index (κ2) is 9.80. The fraction of sp³-hybridized carbons (Fsp3) is 0.467. The van der Waals surface area contributed by atoms with Gasteiger partial charge in [0.2, 0.25) is 0 Å². The molecule has 0 amide bonds. The molecule has 6 atom stereocenters. The lowest BCUT2D eigenvalue weighted by Crippen LogP contribution is -2.33. The van der Waals surface area contributed by atoms with E-state index in [9.17, 15) is 38.0 Å². The minimum atomic E-state index is -5.76. The number of fused-ring (bicyclic) bond motifs is 1. The van der Waals surface area contributed by atoms with Crippen LogP contribution in [-0.2, 0) is 31.6 Å². The number of H-pyrrole nitrogens is 1. The van der Waals surface area contributed by atoms with Crippen LogP contribution in [0.15, 0.2) is 10.9 Å². The van der Waals surface area contributed by atoms with E-state index in [1.54, 1.807) is 6.92 Å². The lowest BCUT2D eigenvalue weighted by Gasteiger charge is -2.19. The molecule has 0 radical (unpaired) electrons. The molecule has 0 spiro atoms. The molecule has 3 heterocycles. The van der Waals surface area contributed by atoms with Gasteiger partial charge in [-0.2, -0.15) is 18.0 Å². The van der Waals surface area contributed by atoms with Gasteiger partial charge < -0.3 is 39.5 Å². The van der Waals surface area contributed by atoms with Crippen LogP contribution < -0.4 is 5.56 Å². The summed E-state index contributed by atoms with van der Waals surface area (Å²) in [4.78, 5) is 54.3. The minimum absolute atomic E-state index is 0.0726. The highest BCUT2D eigenvalue weighted by Gasteiger charge is 2.47. The first-order valence-electron chi connectivity index (χ1n) is 9.40. The summed E-state index contributed by atoms with van der Waals surface area (Å²) in [6.45, 7) is 2.00. The molecule has 0 aliphatic carbocycles. The number of hydrogen-bond acceptors (Lipinski definition) is 11. The first-order chi connectivity index (χ1) is 15.9. The molecule has 1 fully saturated rings. The van der Waals surface area contributed by atoms with Gasteiger partial charge in [0.05, 0.1) is 12.2 Å². The number of rotatable bonds is 8. The zero-order valence-electron chi connectivity index (χ0n) is 17.7. The number of aromatic amines is 1. The van der Waals surface area contributed by atoms with E-state index in [2.05, 4.69) is 23.1 Å². The largest absolute Gasteiger partial charge is 0.490 e. The second-order valence-corrected chi connectivity index (χ2v) is 11.9. The number of nitrogens with one attached hydrogen (secondary N) is 1. The van der Waals surface area contributed by atoms with Crippen LogP contribution in [0, 0.1) is 19.8 Å². The number of phosphoric ester groups is 1. The number of aromatic nitrogens is 2. The van der Waals surface area contributed by atoms with Gasteiger partial charge in [-0.1, -0.05) is 0 Å². The van der Waals surface area contributed by atoms with Crippen molar-refractivity contribution in [2.75, 3.05) is 6.61 Å². The lowest BCUT2D eigenvalue weighted by molar-refractivity contribution is -0.0226. The fourth-order valence-electron chi connectivity index (χ4n) is 3.28. The van der Waals surface area contributed by atoms with Crippen molar-refractivity contribution in [1.29, 1.82) is 0 Å². The number of aliphatic hydroxyl groups is 2. The van der Waals surface area contributed by atoms with Gasteiger partial charge in [0.15, 0.2) is 5.95 Å². The molecule has 16 nitrogen and oxygen atoms in total. The average molecular weight is 564 g/mol. The Balaban J connectivity index is 1.79. The summed E-state index contributed by atoms with van der Waals surface area (Å²) in [6, 6.07) is 1.27. The smallest absolute Gasteiger partial charge is 0.387 e. The maximum atomic E-state index is 13.9. The summed E-state index contributed by atoms with van der Waals surface area (Å²) < 4.78 is 64.7. The number of pyridine rings is 2. The summed E-state index contributed by atoms with van der Waals surface area (Å²) in [7, 11) is -16.9. The summed E-state index contributed by atoms with van der Waals surface area (Å²) in [6.07, 6.45) is -6.65. The quantitative estimate of drug-likeness (QED) is 0.166. The molecule has 0 aromatic heterocycles. The molecule has 196 valence electrons. The van der Waals surface area contributed by atoms with Crippen molar-refractivity contribution in [3.05, 3.63) is 39.1 Å². The third kappa shape index (κ3) is 6.48. The van der Waals surface area contributed by atoms with Gasteiger partial charge in [0.25, 0.3) is 5.56 Å². The molecular formula is C15H20FN2O14P3. The predicted octanol–water partition coefficient (Wildman–Crippen LogP) is 0.136. The lowest BCUT2D eigenvalue weighted by atomic mass is 9.97. The monoisotopic (exact) mass is 564 g/mol. The zero-order chi connectivity index (χ0) is 26.5. The average Bonchev–Trinajstić information content (AvgIpc) is 2.96. The first kappa shape index (κ1) is 28.2. The SMILES string of the molecule is Cc1c2cc([C@@H]3O[C@H](COP(=O)(O)OP(=O)(O)OP(=O)(O)O)[C@H](O)C3O)c(=O)nc-2[nH]c(F)c1C. The molecule has 1 saturated heterocycles. The summed E-state index contributed by atoms with van der Waals surface area (Å²) in [5.41, 5.74) is -0.165. The van der Waals surface area contributed by atoms with E-state index in [1.165, 1.54) is 13.0 Å². The molecule has 3 aliphatic heterocycles. The highest BCUT2D eigenvalue weighted by Crippen LogP contribution is 2.66. The summed E-state index contributed by atoms with van der Waals surface area (Å²) in [5, 5.41) is 20.6. The number of hydrogen-bond donors (Lipinski definition) is 7. The van der Waals surface area contributed by atoms with E-state index >= 15 is 0 Å². The standard InChI is InChI=1S/C15H20FN2O14P3/c1-5-6(2)13(16)17-14-7(5)3-8(15(21)18-14)12-11(20)10(19)9(30-12)4-29-34(25,26)32-35(27,28)31-33(22,23)24/h3,9-12,19-20H,4H2,1-2H3,(H,25,26)(H,27,28)(H,17,18,21)(H2,22,23,24)/t9-,10+,11?,12+/m1/s1. The number of halogens is 1. The highest BCUT2D eigenvalue weighted by atomic mass is 31.3. The van der Waals surface area contributed by atoms with Crippen molar-refractivity contribution in [2.45, 2.75) is 38.3 Å². The Kier molecular flexibility index (Phi) is 7.88. The van der Waals surface area contributed by atoms with E-state index < -0.39 is 66.0 Å². The van der Waals surface area contributed by atoms with Gasteiger partial charge in [-0.05, 0) is 25.5 Å². The first-order valence-corrected chi connectivity index (χ1v) is 13.9. The molecule has 35 heavy (non-hydrogen) atoms. The topological polar surface area (TPSA) is 255 Å². The van der Waals surface area contributed by atoms with Crippen LogP contribution in [0.5, 0.6) is 0 Å². The molecule has 0 aromatic rings. The summed E-state index contributed by atoms with van der Waals surface area (Å²) in [5.74, 6) is -0.773. The zero-order valence-corrected chi connectivity index (χ0v) is 20.4. The summed E-state index contributed by atoms with van der Waals surface area (Å²) >= 11 is 0. The van der Waals surface area contributed by atoms with Crippen LogP contribution in [0.2, 0.25) is 0 Å². The van der Waals surface area contributed by atoms with E-state index in [1.807, 2.05) is 0 Å². The van der Waals surface area contributed by atoms with Gasteiger partial charge in [-0.3, -0.25) is 9.32 Å². The van der Waals surface area contributed by atoms with Crippen molar-refractivity contribution >= 4 is 23.5 Å². The van der Waals surface area contributed by atoms with Crippen LogP contribution in [0.25, 0.3) is 11.4 Å². The Hall–Kier alpha value is -1.42. The molecule has 3 unspecified atom stereocenters. The van der Waals surface area contributed by atoms with Gasteiger partial charge >= 0.3 is 23.5 Å². The third-order valence-corrected chi connectivity index (χ3v) is 8.83. The van der Waals surface area contributed by atoms with Crippen molar-refractivity contribution in [3.8, 4) is 11.4 Å². The number of nitrogens with zero attached hydrogens (tertiary/aromatic N) is 1. The van der Waals surface area contributed by atoms with Gasteiger partial charge in [0.1, 0.15) is 30.2 Å². The van der Waals surface area contributed by atoms with E-state index in [0.717, 1.165) is 0 Å². The Morgan fingerprint density at radius 1 is 1.06 bits per heavy atom. The Labute approximate surface area is 195 Å². The second-order valence-electron chi connectivity index (χ2n) is 7.43. The highest BCUT2D eigenvalue weighted by molar-refractivity contribution is 7.66. The maximum Gasteiger partial charge on any atom is 0.490 e. The third-order valence-electron chi connectivity index (χ3n) is 5.03. The Morgan fingerprint density at radius 2 is 1.69 bits per heavy atom. The van der Waals surface area contributed by atoms with Crippen LogP contribution in [0.4, 0.5) is 4.39 Å². The van der Waals surface area contributed by atoms with Gasteiger partial charge in [-0.25, -0.2) is 13.7 Å². The van der Waals surface area contributed by atoms with Crippen molar-refractivity contribution in [3.63, 3.8) is 0 Å². The van der Waals surface area contributed by atoms with Gasteiger partial charge in [-0.15, -0.1) is 0 Å². The molecule has 20 heteroatoms. The molecule has 0 saturated carbocycles. The Morgan fingerprint density at radius 3 is 2.29 bits per heavy atom. The predicted molar refractivity (Wildman–Crippen MR) is 110 cm³/mol. The molecule has 0 aromatic carbocycles. The minimum Gasteiger partial charge on any atom is -0.387 e. The Bertz CT molecular complexity index is 1300. The molecule has 0 bridgehead atoms. The normalized spacial score (nSPS) is 26.5. The molecule has 7 N–H and O–H groups in total. The van der Waals surface area contributed by atoms with E-state index in [0.29, 0.717) is 11.1 Å². The van der Waals surface area contributed by atoms with Crippen molar-refractivity contribution < 1.29 is 65.8 Å². The molecular weight excluding hydrogens is 544 g/mol. The van der Waals surface area contributed by atoms with Crippen LogP contribution in [0.3, 0.4) is 0 Å². The van der Waals surface area contributed by atoms with Crippen LogP contribution in [-0.4, -0.2) is 64.7 Å². The van der Waals surface area contributed by atoms with Crippen LogP contribution >= 0.6 is 23.5 Å². The number of ether oxygens (including phenoxy) is 1. The van der Waals surface area contributed by atoms with Crippen molar-refractivity contribution in [2.24, 2.45) is 0 Å².